The fourth-order valence-electron chi connectivity index (χ4n) is 3.30. The van der Waals surface area contributed by atoms with Crippen LogP contribution in [0.1, 0.15) is 12.2 Å². The fourth-order valence-corrected chi connectivity index (χ4v) is 3.30. The predicted octanol–water partition coefficient (Wildman–Crippen LogP) is 0.986. The average Bonchev–Trinajstić information content (AvgIpc) is 3.22. The van der Waals surface area contributed by atoms with Gasteiger partial charge in [0.15, 0.2) is 5.65 Å². The second kappa shape index (κ2) is 6.64. The lowest BCUT2D eigenvalue weighted by molar-refractivity contribution is 0.310. The summed E-state index contributed by atoms with van der Waals surface area (Å²) in [5.74, 6) is 2.17. The van der Waals surface area contributed by atoms with Gasteiger partial charge in [0, 0.05) is 26.3 Å². The van der Waals surface area contributed by atoms with Crippen molar-refractivity contribution in [3.63, 3.8) is 0 Å². The molecule has 4 rings (SSSR count). The fraction of sp³-hybridized carbons (Fsp3) is 0.412. The summed E-state index contributed by atoms with van der Waals surface area (Å²) < 4.78 is 1.64. The summed E-state index contributed by atoms with van der Waals surface area (Å²) in [4.78, 5) is 26.2. The summed E-state index contributed by atoms with van der Waals surface area (Å²) in [5, 5.41) is 8.02. The zero-order valence-electron chi connectivity index (χ0n) is 14.1. The molecule has 1 aliphatic heterocycles. The second-order valence-electron chi connectivity index (χ2n) is 6.50. The minimum absolute atomic E-state index is 0.124. The number of aromatic nitrogens is 5. The molecule has 130 valence electrons. The Hall–Kier alpha value is -2.74. The van der Waals surface area contributed by atoms with E-state index in [0.29, 0.717) is 29.3 Å². The van der Waals surface area contributed by atoms with Crippen LogP contribution < -0.4 is 10.9 Å². The lowest BCUT2D eigenvalue weighted by atomic mass is 10.1. The number of nitrogens with one attached hydrogen (secondary N) is 2. The molecule has 1 saturated heterocycles. The minimum atomic E-state index is -0.124. The number of likely N-dealkylation sites (tertiary alicyclic amines) is 1. The SMILES string of the molecule is Cn1ncc2c(=O)[nH]c(CN3CC[C@H](CNc4ccccn4)C3)nc21. The molecule has 0 unspecified atom stereocenters. The molecule has 3 aromatic heterocycles. The molecule has 0 saturated carbocycles. The smallest absolute Gasteiger partial charge is 0.262 e. The van der Waals surface area contributed by atoms with Crippen molar-refractivity contribution in [3.05, 3.63) is 46.8 Å². The van der Waals surface area contributed by atoms with Crippen LogP contribution in [0, 0.1) is 5.92 Å². The first-order chi connectivity index (χ1) is 12.2. The highest BCUT2D eigenvalue weighted by atomic mass is 16.1. The van der Waals surface area contributed by atoms with E-state index in [-0.39, 0.29) is 5.56 Å². The lowest BCUT2D eigenvalue weighted by Crippen LogP contribution is -2.25. The van der Waals surface area contributed by atoms with Crippen LogP contribution >= 0.6 is 0 Å². The molecule has 2 N–H and O–H groups in total. The summed E-state index contributed by atoms with van der Waals surface area (Å²) in [6.45, 7) is 3.53. The van der Waals surface area contributed by atoms with Crippen LogP contribution in [-0.4, -0.2) is 49.3 Å². The number of aryl methyl sites for hydroxylation is 1. The van der Waals surface area contributed by atoms with Gasteiger partial charge in [0.25, 0.3) is 5.56 Å². The van der Waals surface area contributed by atoms with E-state index in [0.717, 1.165) is 31.9 Å². The Kier molecular flexibility index (Phi) is 4.19. The Labute approximate surface area is 144 Å². The molecule has 1 aliphatic rings. The molecule has 0 radical (unpaired) electrons. The molecule has 1 fully saturated rings. The van der Waals surface area contributed by atoms with Gasteiger partial charge in [0.2, 0.25) is 0 Å². The van der Waals surface area contributed by atoms with Crippen molar-refractivity contribution in [2.75, 3.05) is 25.0 Å². The van der Waals surface area contributed by atoms with E-state index in [4.69, 9.17) is 0 Å². The number of H-pyrrole nitrogens is 1. The number of anilines is 1. The molecule has 0 spiro atoms. The van der Waals surface area contributed by atoms with Crippen molar-refractivity contribution in [1.82, 2.24) is 29.6 Å². The topological polar surface area (TPSA) is 91.7 Å². The van der Waals surface area contributed by atoms with Gasteiger partial charge >= 0.3 is 0 Å². The first kappa shape index (κ1) is 15.8. The Morgan fingerprint density at radius 2 is 2.32 bits per heavy atom. The second-order valence-corrected chi connectivity index (χ2v) is 6.50. The first-order valence-corrected chi connectivity index (χ1v) is 8.47. The molecular formula is C17H21N7O. The number of hydrogen-bond donors (Lipinski definition) is 2. The molecule has 4 heterocycles. The van der Waals surface area contributed by atoms with Gasteiger partial charge in [-0.3, -0.25) is 14.4 Å². The van der Waals surface area contributed by atoms with Crippen LogP contribution in [0.3, 0.4) is 0 Å². The van der Waals surface area contributed by atoms with E-state index in [9.17, 15) is 4.79 Å². The lowest BCUT2D eigenvalue weighted by Gasteiger charge is -2.16. The maximum Gasteiger partial charge on any atom is 0.262 e. The molecule has 3 aromatic rings. The van der Waals surface area contributed by atoms with E-state index in [1.807, 2.05) is 18.2 Å². The molecule has 0 amide bonds. The monoisotopic (exact) mass is 339 g/mol. The molecule has 8 heteroatoms. The van der Waals surface area contributed by atoms with Crippen molar-refractivity contribution in [1.29, 1.82) is 0 Å². The summed E-state index contributed by atoms with van der Waals surface area (Å²) in [6.07, 6.45) is 4.47. The highest BCUT2D eigenvalue weighted by Gasteiger charge is 2.23. The number of hydrogen-bond acceptors (Lipinski definition) is 6. The maximum atomic E-state index is 12.1. The zero-order valence-corrected chi connectivity index (χ0v) is 14.1. The Morgan fingerprint density at radius 3 is 3.16 bits per heavy atom. The number of nitrogens with zero attached hydrogens (tertiary/aromatic N) is 5. The van der Waals surface area contributed by atoms with Crippen LogP contribution in [0.4, 0.5) is 5.82 Å². The molecule has 0 bridgehead atoms. The molecular weight excluding hydrogens is 318 g/mol. The third-order valence-corrected chi connectivity index (χ3v) is 4.63. The molecule has 25 heavy (non-hydrogen) atoms. The average molecular weight is 339 g/mol. The Bertz CT molecular complexity index is 918. The van der Waals surface area contributed by atoms with Gasteiger partial charge in [-0.2, -0.15) is 5.10 Å². The standard InChI is InChI=1S/C17H21N7O/c1-23-16-13(9-20-23)17(25)22-15(21-16)11-24-7-5-12(10-24)8-19-14-4-2-3-6-18-14/h2-4,6,9,12H,5,7-8,10-11H2,1H3,(H,18,19)(H,21,22,25)/t12-/m1/s1. The predicted molar refractivity (Wildman–Crippen MR) is 95.2 cm³/mol. The third kappa shape index (κ3) is 3.39. The van der Waals surface area contributed by atoms with Crippen molar-refractivity contribution < 1.29 is 0 Å². The van der Waals surface area contributed by atoms with E-state index >= 15 is 0 Å². The van der Waals surface area contributed by atoms with E-state index in [1.165, 1.54) is 0 Å². The third-order valence-electron chi connectivity index (χ3n) is 4.63. The molecule has 0 aromatic carbocycles. The highest BCUT2D eigenvalue weighted by molar-refractivity contribution is 5.72. The van der Waals surface area contributed by atoms with Crippen LogP contribution in [-0.2, 0) is 13.6 Å². The van der Waals surface area contributed by atoms with Gasteiger partial charge < -0.3 is 10.3 Å². The van der Waals surface area contributed by atoms with Gasteiger partial charge in [0.05, 0.1) is 12.7 Å². The van der Waals surface area contributed by atoms with Crippen LogP contribution in [0.2, 0.25) is 0 Å². The van der Waals surface area contributed by atoms with Crippen molar-refractivity contribution in [2.24, 2.45) is 13.0 Å². The van der Waals surface area contributed by atoms with E-state index in [1.54, 1.807) is 24.1 Å². The van der Waals surface area contributed by atoms with Gasteiger partial charge in [-0.1, -0.05) is 6.07 Å². The molecule has 0 aliphatic carbocycles. The van der Waals surface area contributed by atoms with Gasteiger partial charge in [-0.05, 0) is 31.0 Å². The maximum absolute atomic E-state index is 12.1. The number of pyridine rings is 1. The van der Waals surface area contributed by atoms with Crippen molar-refractivity contribution in [2.45, 2.75) is 13.0 Å². The quantitative estimate of drug-likeness (QED) is 0.720. The summed E-state index contributed by atoms with van der Waals surface area (Å²) in [7, 11) is 1.80. The number of rotatable bonds is 5. The summed E-state index contributed by atoms with van der Waals surface area (Å²) >= 11 is 0. The number of fused-ring (bicyclic) bond motifs is 1. The number of aromatic amines is 1. The summed E-state index contributed by atoms with van der Waals surface area (Å²) in [5.41, 5.74) is 0.506. The Balaban J connectivity index is 1.38. The summed E-state index contributed by atoms with van der Waals surface area (Å²) in [6, 6.07) is 5.87. The minimum Gasteiger partial charge on any atom is -0.370 e. The first-order valence-electron chi connectivity index (χ1n) is 8.47. The molecule has 8 nitrogen and oxygen atoms in total. The molecule has 1 atom stereocenters. The largest absolute Gasteiger partial charge is 0.370 e. The van der Waals surface area contributed by atoms with Crippen molar-refractivity contribution in [3.8, 4) is 0 Å². The van der Waals surface area contributed by atoms with Gasteiger partial charge in [0.1, 0.15) is 17.0 Å². The van der Waals surface area contributed by atoms with Gasteiger partial charge in [-0.15, -0.1) is 0 Å². The van der Waals surface area contributed by atoms with Crippen LogP contribution in [0.5, 0.6) is 0 Å². The van der Waals surface area contributed by atoms with Crippen molar-refractivity contribution >= 4 is 16.9 Å². The highest BCUT2D eigenvalue weighted by Crippen LogP contribution is 2.18. The van der Waals surface area contributed by atoms with Crippen LogP contribution in [0.25, 0.3) is 11.0 Å². The van der Waals surface area contributed by atoms with Gasteiger partial charge in [-0.25, -0.2) is 9.97 Å². The Morgan fingerprint density at radius 1 is 1.40 bits per heavy atom. The van der Waals surface area contributed by atoms with E-state index < -0.39 is 0 Å². The van der Waals surface area contributed by atoms with Crippen LogP contribution in [0.15, 0.2) is 35.4 Å². The normalized spacial score (nSPS) is 18.0. The zero-order chi connectivity index (χ0) is 17.2. The van der Waals surface area contributed by atoms with E-state index in [2.05, 4.69) is 30.3 Å².